The highest BCUT2D eigenvalue weighted by Crippen LogP contribution is 2.37. The average molecular weight is 352 g/mol. The number of anilines is 1. The van der Waals surface area contributed by atoms with Crippen molar-refractivity contribution in [1.82, 2.24) is 0 Å². The second-order valence-electron chi connectivity index (χ2n) is 5.65. The van der Waals surface area contributed by atoms with Crippen LogP contribution in [0.5, 0.6) is 17.2 Å². The SMILES string of the molecule is COc1cc(/C=C(\C#N)C(=O)Nc2cccc(C)c2C)cc(OC)c1O. The second kappa shape index (κ2) is 8.08. The molecule has 0 radical (unpaired) electrons. The molecule has 0 unspecified atom stereocenters. The van der Waals surface area contributed by atoms with E-state index in [4.69, 9.17) is 9.47 Å². The Morgan fingerprint density at radius 1 is 1.19 bits per heavy atom. The van der Waals surface area contributed by atoms with E-state index in [1.165, 1.54) is 32.4 Å². The Hall–Kier alpha value is -3.46. The molecule has 0 aromatic heterocycles. The number of amides is 1. The number of hydrogen-bond donors (Lipinski definition) is 2. The molecule has 1 amide bonds. The Morgan fingerprint density at radius 3 is 2.35 bits per heavy atom. The number of carbonyl (C=O) groups is 1. The van der Waals surface area contributed by atoms with Crippen molar-refractivity contribution in [2.24, 2.45) is 0 Å². The van der Waals surface area contributed by atoms with Crippen molar-refractivity contribution >= 4 is 17.7 Å². The number of phenolic OH excluding ortho intramolecular Hbond substituents is 1. The van der Waals surface area contributed by atoms with Crippen LogP contribution < -0.4 is 14.8 Å². The molecule has 0 aliphatic rings. The van der Waals surface area contributed by atoms with E-state index in [9.17, 15) is 15.2 Å². The average Bonchev–Trinajstić information content (AvgIpc) is 2.64. The Morgan fingerprint density at radius 2 is 1.81 bits per heavy atom. The lowest BCUT2D eigenvalue weighted by Crippen LogP contribution is -2.14. The molecule has 0 atom stereocenters. The summed E-state index contributed by atoms with van der Waals surface area (Å²) in [5.41, 5.74) is 3.03. The summed E-state index contributed by atoms with van der Waals surface area (Å²) in [6.07, 6.45) is 1.41. The van der Waals surface area contributed by atoms with Gasteiger partial charge in [-0.1, -0.05) is 12.1 Å². The summed E-state index contributed by atoms with van der Waals surface area (Å²) in [5, 5.41) is 22.1. The molecular formula is C20H20N2O4. The third-order valence-corrected chi connectivity index (χ3v) is 4.03. The van der Waals surface area contributed by atoms with Crippen LogP contribution in [0.3, 0.4) is 0 Å². The zero-order valence-corrected chi connectivity index (χ0v) is 15.1. The molecule has 2 aromatic carbocycles. The Bertz CT molecular complexity index is 886. The molecule has 0 bridgehead atoms. The van der Waals surface area contributed by atoms with Crippen molar-refractivity contribution in [1.29, 1.82) is 5.26 Å². The Labute approximate surface area is 152 Å². The zero-order chi connectivity index (χ0) is 19.3. The van der Waals surface area contributed by atoms with Gasteiger partial charge in [-0.05, 0) is 54.8 Å². The van der Waals surface area contributed by atoms with Crippen LogP contribution in [-0.4, -0.2) is 25.2 Å². The van der Waals surface area contributed by atoms with Crippen LogP contribution in [-0.2, 0) is 4.79 Å². The summed E-state index contributed by atoms with van der Waals surface area (Å²) in [6, 6.07) is 10.5. The zero-order valence-electron chi connectivity index (χ0n) is 15.1. The normalized spacial score (nSPS) is 10.8. The van der Waals surface area contributed by atoms with E-state index in [0.717, 1.165) is 11.1 Å². The summed E-state index contributed by atoms with van der Waals surface area (Å²) < 4.78 is 10.2. The monoisotopic (exact) mass is 352 g/mol. The molecule has 0 saturated heterocycles. The number of hydrogen-bond acceptors (Lipinski definition) is 5. The molecule has 134 valence electrons. The molecular weight excluding hydrogens is 332 g/mol. The number of nitriles is 1. The molecule has 0 heterocycles. The molecule has 2 rings (SSSR count). The minimum absolute atomic E-state index is 0.0827. The topological polar surface area (TPSA) is 91.6 Å². The third-order valence-electron chi connectivity index (χ3n) is 4.03. The van der Waals surface area contributed by atoms with Crippen molar-refractivity contribution in [3.8, 4) is 23.3 Å². The van der Waals surface area contributed by atoms with E-state index in [1.807, 2.05) is 32.0 Å². The molecule has 6 nitrogen and oxygen atoms in total. The van der Waals surface area contributed by atoms with Gasteiger partial charge >= 0.3 is 0 Å². The van der Waals surface area contributed by atoms with Gasteiger partial charge in [0.25, 0.3) is 5.91 Å². The van der Waals surface area contributed by atoms with Gasteiger partial charge in [0.1, 0.15) is 11.6 Å². The van der Waals surface area contributed by atoms with Crippen LogP contribution in [0, 0.1) is 25.2 Å². The highest BCUT2D eigenvalue weighted by atomic mass is 16.5. The van der Waals surface area contributed by atoms with Crippen molar-refractivity contribution in [2.45, 2.75) is 13.8 Å². The van der Waals surface area contributed by atoms with Crippen LogP contribution in [0.2, 0.25) is 0 Å². The lowest BCUT2D eigenvalue weighted by atomic mass is 10.1. The minimum Gasteiger partial charge on any atom is -0.502 e. The first-order valence-corrected chi connectivity index (χ1v) is 7.85. The van der Waals surface area contributed by atoms with Gasteiger partial charge in [0.2, 0.25) is 5.75 Å². The van der Waals surface area contributed by atoms with Crippen LogP contribution in [0.4, 0.5) is 5.69 Å². The number of carbonyl (C=O) groups excluding carboxylic acids is 1. The van der Waals surface area contributed by atoms with Gasteiger partial charge in [0, 0.05) is 5.69 Å². The number of phenols is 1. The Balaban J connectivity index is 2.37. The van der Waals surface area contributed by atoms with Crippen molar-refractivity contribution in [2.75, 3.05) is 19.5 Å². The maximum absolute atomic E-state index is 12.5. The molecule has 0 saturated carbocycles. The fourth-order valence-electron chi connectivity index (χ4n) is 2.39. The smallest absolute Gasteiger partial charge is 0.266 e. The van der Waals surface area contributed by atoms with Gasteiger partial charge in [0.05, 0.1) is 14.2 Å². The second-order valence-corrected chi connectivity index (χ2v) is 5.65. The third kappa shape index (κ3) is 3.95. The van der Waals surface area contributed by atoms with Crippen LogP contribution in [0.15, 0.2) is 35.9 Å². The first kappa shape index (κ1) is 18.9. The molecule has 0 fully saturated rings. The van der Waals surface area contributed by atoms with E-state index >= 15 is 0 Å². The molecule has 6 heteroatoms. The van der Waals surface area contributed by atoms with Gasteiger partial charge < -0.3 is 19.9 Å². The van der Waals surface area contributed by atoms with Crippen molar-refractivity contribution < 1.29 is 19.4 Å². The number of aryl methyl sites for hydroxylation is 1. The van der Waals surface area contributed by atoms with Gasteiger partial charge in [-0.3, -0.25) is 4.79 Å². The van der Waals surface area contributed by atoms with Crippen molar-refractivity contribution in [3.05, 3.63) is 52.6 Å². The van der Waals surface area contributed by atoms with Gasteiger partial charge in [0.15, 0.2) is 11.5 Å². The van der Waals surface area contributed by atoms with E-state index < -0.39 is 5.91 Å². The van der Waals surface area contributed by atoms with Crippen LogP contribution in [0.25, 0.3) is 6.08 Å². The van der Waals surface area contributed by atoms with E-state index in [0.29, 0.717) is 11.3 Å². The number of ether oxygens (including phenoxy) is 2. The fraction of sp³-hybridized carbons (Fsp3) is 0.200. The maximum Gasteiger partial charge on any atom is 0.266 e. The standard InChI is InChI=1S/C20H20N2O4/c1-12-6-5-7-16(13(12)2)22-20(24)15(11-21)8-14-9-17(25-3)19(23)18(10-14)26-4/h5-10,23H,1-4H3,(H,22,24)/b15-8+. The fourth-order valence-corrected chi connectivity index (χ4v) is 2.39. The van der Waals surface area contributed by atoms with E-state index in [2.05, 4.69) is 5.32 Å². The van der Waals surface area contributed by atoms with Gasteiger partial charge in [-0.2, -0.15) is 5.26 Å². The molecule has 2 N–H and O–H groups in total. The number of nitrogens with zero attached hydrogens (tertiary/aromatic N) is 1. The Kier molecular flexibility index (Phi) is 5.86. The van der Waals surface area contributed by atoms with E-state index in [-0.39, 0.29) is 22.8 Å². The largest absolute Gasteiger partial charge is 0.502 e. The lowest BCUT2D eigenvalue weighted by Gasteiger charge is -2.11. The van der Waals surface area contributed by atoms with Crippen LogP contribution >= 0.6 is 0 Å². The number of methoxy groups -OCH3 is 2. The summed E-state index contributed by atoms with van der Waals surface area (Å²) >= 11 is 0. The quantitative estimate of drug-likeness (QED) is 0.634. The van der Waals surface area contributed by atoms with Gasteiger partial charge in [-0.25, -0.2) is 0 Å². The summed E-state index contributed by atoms with van der Waals surface area (Å²) in [5.74, 6) is -0.302. The predicted octanol–water partition coefficient (Wildman–Crippen LogP) is 3.57. The number of benzene rings is 2. The summed E-state index contributed by atoms with van der Waals surface area (Å²) in [6.45, 7) is 3.84. The first-order valence-electron chi connectivity index (χ1n) is 7.85. The summed E-state index contributed by atoms with van der Waals surface area (Å²) in [7, 11) is 2.81. The molecule has 0 spiro atoms. The molecule has 26 heavy (non-hydrogen) atoms. The van der Waals surface area contributed by atoms with E-state index in [1.54, 1.807) is 6.07 Å². The number of aromatic hydroxyl groups is 1. The first-order chi connectivity index (χ1) is 12.4. The van der Waals surface area contributed by atoms with Crippen LogP contribution in [0.1, 0.15) is 16.7 Å². The van der Waals surface area contributed by atoms with Crippen molar-refractivity contribution in [3.63, 3.8) is 0 Å². The lowest BCUT2D eigenvalue weighted by molar-refractivity contribution is -0.112. The predicted molar refractivity (Wildman–Crippen MR) is 99.3 cm³/mol. The minimum atomic E-state index is -0.521. The highest BCUT2D eigenvalue weighted by Gasteiger charge is 2.14. The molecule has 0 aliphatic carbocycles. The number of rotatable bonds is 5. The summed E-state index contributed by atoms with van der Waals surface area (Å²) in [4.78, 5) is 12.5. The van der Waals surface area contributed by atoms with Gasteiger partial charge in [-0.15, -0.1) is 0 Å². The highest BCUT2D eigenvalue weighted by molar-refractivity contribution is 6.10. The molecule has 0 aliphatic heterocycles. The maximum atomic E-state index is 12.5. The number of nitrogens with one attached hydrogen (secondary N) is 1. The molecule has 2 aromatic rings.